The highest BCUT2D eigenvalue weighted by atomic mass is 16.5. The van der Waals surface area contributed by atoms with E-state index in [1.165, 1.54) is 17.5 Å². The molecule has 6 heteroatoms. The Labute approximate surface area is 160 Å². The molecule has 1 aliphatic carbocycles. The molecular weight excluding hydrogens is 340 g/mol. The number of amides is 1. The normalized spacial score (nSPS) is 24.4. The van der Waals surface area contributed by atoms with Crippen LogP contribution in [-0.4, -0.2) is 51.6 Å². The smallest absolute Gasteiger partial charge is 0.241 e. The molecule has 142 valence electrons. The third-order valence-electron chi connectivity index (χ3n) is 5.61. The minimum absolute atomic E-state index is 0.0682. The molecule has 2 aliphatic rings. The van der Waals surface area contributed by atoms with Crippen LogP contribution in [0, 0.1) is 0 Å². The van der Waals surface area contributed by atoms with Crippen LogP contribution >= 0.6 is 0 Å². The van der Waals surface area contributed by atoms with Gasteiger partial charge >= 0.3 is 0 Å². The summed E-state index contributed by atoms with van der Waals surface area (Å²) in [6.45, 7) is 6.10. The van der Waals surface area contributed by atoms with Crippen molar-refractivity contribution in [2.75, 3.05) is 13.1 Å². The van der Waals surface area contributed by atoms with Gasteiger partial charge in [-0.3, -0.25) is 9.69 Å². The Morgan fingerprint density at radius 1 is 1.19 bits per heavy atom. The number of rotatable bonds is 4. The van der Waals surface area contributed by atoms with Crippen LogP contribution < -0.4 is 5.32 Å². The number of carbonyl (C=O) groups is 1. The zero-order chi connectivity index (χ0) is 18.9. The van der Waals surface area contributed by atoms with Crippen molar-refractivity contribution in [2.24, 2.45) is 0 Å². The van der Waals surface area contributed by atoms with Gasteiger partial charge in [-0.15, -0.1) is 0 Å². The van der Waals surface area contributed by atoms with Gasteiger partial charge in [0, 0.05) is 32.1 Å². The molecule has 6 nitrogen and oxygen atoms in total. The van der Waals surface area contributed by atoms with E-state index in [0.29, 0.717) is 6.54 Å². The minimum atomic E-state index is -0.566. The van der Waals surface area contributed by atoms with E-state index in [0.717, 1.165) is 31.6 Å². The monoisotopic (exact) mass is 366 g/mol. The molecule has 0 spiro atoms. The van der Waals surface area contributed by atoms with E-state index in [-0.39, 0.29) is 18.1 Å². The van der Waals surface area contributed by atoms with Gasteiger partial charge in [0.2, 0.25) is 5.91 Å². The molecule has 2 heterocycles. The van der Waals surface area contributed by atoms with Crippen LogP contribution in [0.4, 0.5) is 0 Å². The Morgan fingerprint density at radius 2 is 1.85 bits per heavy atom. The van der Waals surface area contributed by atoms with Crippen molar-refractivity contribution < 1.29 is 9.53 Å². The van der Waals surface area contributed by atoms with Gasteiger partial charge in [0.05, 0.1) is 24.4 Å². The second kappa shape index (κ2) is 7.37. The van der Waals surface area contributed by atoms with E-state index in [4.69, 9.17) is 4.74 Å². The lowest BCUT2D eigenvalue weighted by molar-refractivity contribution is -0.144. The topological polar surface area (TPSA) is 67.4 Å². The van der Waals surface area contributed by atoms with E-state index >= 15 is 0 Å². The molecule has 1 N–H and O–H groups in total. The molecule has 1 aromatic carbocycles. The summed E-state index contributed by atoms with van der Waals surface area (Å²) in [6.07, 6.45) is 4.90. The second-order valence-corrected chi connectivity index (χ2v) is 7.70. The van der Waals surface area contributed by atoms with Gasteiger partial charge in [-0.05, 0) is 31.0 Å². The minimum Gasteiger partial charge on any atom is -0.373 e. The number of morpholine rings is 1. The first-order valence-electron chi connectivity index (χ1n) is 9.57. The number of hydrogen-bond donors (Lipinski definition) is 1. The third-order valence-corrected chi connectivity index (χ3v) is 5.61. The molecule has 0 radical (unpaired) electrons. The molecule has 1 fully saturated rings. The van der Waals surface area contributed by atoms with Gasteiger partial charge in [-0.25, -0.2) is 9.97 Å². The highest BCUT2D eigenvalue weighted by molar-refractivity contribution is 5.88. The van der Waals surface area contributed by atoms with Crippen LogP contribution in [0.5, 0.6) is 0 Å². The maximum atomic E-state index is 13.5. The molecule has 0 bridgehead atoms. The molecule has 0 saturated carbocycles. The van der Waals surface area contributed by atoms with E-state index in [2.05, 4.69) is 58.3 Å². The predicted octanol–water partition coefficient (Wildman–Crippen LogP) is 1.74. The molecule has 1 aromatic heterocycles. The first-order chi connectivity index (χ1) is 13.1. The van der Waals surface area contributed by atoms with Crippen molar-refractivity contribution in [3.63, 3.8) is 0 Å². The number of fused-ring (bicyclic) bond motifs is 1. The van der Waals surface area contributed by atoms with Crippen molar-refractivity contribution in [1.82, 2.24) is 20.2 Å². The zero-order valence-electron chi connectivity index (χ0n) is 15.9. The Kier molecular flexibility index (Phi) is 4.93. The summed E-state index contributed by atoms with van der Waals surface area (Å²) in [5.74, 6) is 0.0682. The van der Waals surface area contributed by atoms with Crippen molar-refractivity contribution in [3.8, 4) is 0 Å². The summed E-state index contributed by atoms with van der Waals surface area (Å²) in [5.41, 5.74) is 2.78. The largest absolute Gasteiger partial charge is 0.373 e. The van der Waals surface area contributed by atoms with Gasteiger partial charge in [-0.2, -0.15) is 0 Å². The van der Waals surface area contributed by atoms with Crippen LogP contribution in [0.3, 0.4) is 0 Å². The fourth-order valence-electron chi connectivity index (χ4n) is 4.41. The van der Waals surface area contributed by atoms with E-state index in [1.807, 2.05) is 6.07 Å². The van der Waals surface area contributed by atoms with E-state index in [1.54, 1.807) is 6.20 Å². The fraction of sp³-hybridized carbons (Fsp3) is 0.476. The molecule has 2 atom stereocenters. The highest BCUT2D eigenvalue weighted by Gasteiger charge is 2.49. The average molecular weight is 366 g/mol. The maximum Gasteiger partial charge on any atom is 0.241 e. The Hall–Kier alpha value is -2.31. The summed E-state index contributed by atoms with van der Waals surface area (Å²) in [6, 6.07) is 10.2. The molecule has 1 amide bonds. The second-order valence-electron chi connectivity index (χ2n) is 7.70. The summed E-state index contributed by atoms with van der Waals surface area (Å²) < 4.78 is 5.92. The zero-order valence-corrected chi connectivity index (χ0v) is 15.9. The summed E-state index contributed by atoms with van der Waals surface area (Å²) >= 11 is 0. The standard InChI is InChI=1S/C21H26N4O2/c1-15-12-25(13-16(2)27-15)21(9-17-5-3-4-6-18(17)10-21)20(26)23-11-19-7-8-22-14-24-19/h3-8,14-16H,9-13H2,1-2H3,(H,23,26)/t15-,16+. The number of nitrogens with one attached hydrogen (secondary N) is 1. The Bertz CT molecular complexity index is 776. The quantitative estimate of drug-likeness (QED) is 0.893. The lowest BCUT2D eigenvalue weighted by Gasteiger charge is -2.45. The van der Waals surface area contributed by atoms with Gasteiger partial charge in [-0.1, -0.05) is 24.3 Å². The molecule has 27 heavy (non-hydrogen) atoms. The van der Waals surface area contributed by atoms with Crippen LogP contribution in [0.1, 0.15) is 30.7 Å². The number of nitrogens with zero attached hydrogens (tertiary/aromatic N) is 3. The third kappa shape index (κ3) is 3.59. The number of benzene rings is 1. The summed E-state index contributed by atoms with van der Waals surface area (Å²) in [4.78, 5) is 24.0. The predicted molar refractivity (Wildman–Crippen MR) is 102 cm³/mol. The summed E-state index contributed by atoms with van der Waals surface area (Å²) in [7, 11) is 0. The van der Waals surface area contributed by atoms with Gasteiger partial charge in [0.1, 0.15) is 11.9 Å². The first kappa shape index (κ1) is 18.1. The fourth-order valence-corrected chi connectivity index (χ4v) is 4.41. The number of ether oxygens (including phenoxy) is 1. The van der Waals surface area contributed by atoms with Gasteiger partial charge < -0.3 is 10.1 Å². The van der Waals surface area contributed by atoms with E-state index < -0.39 is 5.54 Å². The van der Waals surface area contributed by atoms with Crippen LogP contribution in [0.2, 0.25) is 0 Å². The first-order valence-corrected chi connectivity index (χ1v) is 9.57. The summed E-state index contributed by atoms with van der Waals surface area (Å²) in [5, 5.41) is 3.13. The van der Waals surface area contributed by atoms with Crippen LogP contribution in [0.25, 0.3) is 0 Å². The van der Waals surface area contributed by atoms with Crippen molar-refractivity contribution in [1.29, 1.82) is 0 Å². The Morgan fingerprint density at radius 3 is 2.44 bits per heavy atom. The average Bonchev–Trinajstić information content (AvgIpc) is 3.07. The molecule has 0 unspecified atom stereocenters. The lowest BCUT2D eigenvalue weighted by atomic mass is 9.90. The molecule has 1 saturated heterocycles. The Balaban J connectivity index is 1.60. The van der Waals surface area contributed by atoms with Crippen LogP contribution in [-0.2, 0) is 28.9 Å². The molecule has 2 aromatic rings. The van der Waals surface area contributed by atoms with Crippen molar-refractivity contribution >= 4 is 5.91 Å². The molecule has 1 aliphatic heterocycles. The van der Waals surface area contributed by atoms with E-state index in [9.17, 15) is 4.79 Å². The van der Waals surface area contributed by atoms with Crippen LogP contribution in [0.15, 0.2) is 42.9 Å². The van der Waals surface area contributed by atoms with Crippen molar-refractivity contribution in [3.05, 3.63) is 59.7 Å². The number of carbonyl (C=O) groups excluding carboxylic acids is 1. The number of hydrogen-bond acceptors (Lipinski definition) is 5. The van der Waals surface area contributed by atoms with Gasteiger partial charge in [0.25, 0.3) is 0 Å². The SMILES string of the molecule is C[C@@H]1CN(C2(C(=O)NCc3ccncn3)Cc3ccccc3C2)C[C@H](C)O1. The highest BCUT2D eigenvalue weighted by Crippen LogP contribution is 2.36. The van der Waals surface area contributed by atoms with Gasteiger partial charge in [0.15, 0.2) is 0 Å². The number of aromatic nitrogens is 2. The van der Waals surface area contributed by atoms with Crippen molar-refractivity contribution in [2.45, 2.75) is 51.0 Å². The lowest BCUT2D eigenvalue weighted by Crippen LogP contribution is -2.64. The maximum absolute atomic E-state index is 13.5. The molecular formula is C21H26N4O2. The molecule has 4 rings (SSSR count).